The van der Waals surface area contributed by atoms with Crippen LogP contribution in [0.1, 0.15) is 106 Å². The van der Waals surface area contributed by atoms with Crippen LogP contribution >= 0.6 is 0 Å². The van der Waals surface area contributed by atoms with Crippen LogP contribution in [0, 0.1) is 5.92 Å². The molecule has 0 aromatic heterocycles. The van der Waals surface area contributed by atoms with Crippen LogP contribution in [0.25, 0.3) is 60.5 Å². The Labute approximate surface area is 448 Å². The highest BCUT2D eigenvalue weighted by molar-refractivity contribution is 6.23. The van der Waals surface area contributed by atoms with E-state index in [-0.39, 0.29) is 21.7 Å². The van der Waals surface area contributed by atoms with E-state index < -0.39 is 0 Å². The number of hydrogen-bond acceptors (Lipinski definition) is 2. The van der Waals surface area contributed by atoms with Crippen molar-refractivity contribution >= 4 is 55.6 Å². The Morgan fingerprint density at radius 3 is 1.08 bits per heavy atom. The monoisotopic (exact) mass is 978 g/mol. The van der Waals surface area contributed by atoms with E-state index in [4.69, 9.17) is 0 Å². The SMILES string of the molecule is CC1(C)c2ccccc2-c2ccc(N(C3=CCC4C(=C3)c3ccccc3C4(C)C)c3c4ccccc4c(N(c4ccc5c(c4)C(C)(C)c4ccccc4-5)c4ccc5c(c4)C(C)(C)c4ccccc4-5)c4ccccc34)cc21. The van der Waals surface area contributed by atoms with Crippen molar-refractivity contribution < 1.29 is 0 Å². The number of rotatable bonds is 6. The summed E-state index contributed by atoms with van der Waals surface area (Å²) in [5, 5.41) is 4.83. The highest BCUT2D eigenvalue weighted by Crippen LogP contribution is 2.59. The fraction of sp³-hybridized carbons (Fsp3) is 0.189. The molecule has 0 saturated carbocycles. The van der Waals surface area contributed by atoms with Gasteiger partial charge in [0.05, 0.1) is 11.4 Å². The number of fused-ring (bicyclic) bond motifs is 14. The second kappa shape index (κ2) is 15.7. The van der Waals surface area contributed by atoms with E-state index in [9.17, 15) is 0 Å². The Morgan fingerprint density at radius 1 is 0.329 bits per heavy atom. The minimum Gasteiger partial charge on any atom is -0.310 e. The van der Waals surface area contributed by atoms with Crippen molar-refractivity contribution in [2.45, 2.75) is 83.5 Å². The molecule has 10 aromatic rings. The molecule has 0 aliphatic heterocycles. The van der Waals surface area contributed by atoms with Crippen molar-refractivity contribution in [2.75, 3.05) is 9.80 Å². The van der Waals surface area contributed by atoms with E-state index >= 15 is 0 Å². The van der Waals surface area contributed by atoms with Crippen LogP contribution in [0.2, 0.25) is 0 Å². The molecule has 10 aromatic carbocycles. The molecule has 0 saturated heterocycles. The molecule has 0 spiro atoms. The summed E-state index contributed by atoms with van der Waals surface area (Å²) in [6, 6.07) is 76.6. The highest BCUT2D eigenvalue weighted by Gasteiger charge is 2.45. The van der Waals surface area contributed by atoms with E-state index in [0.29, 0.717) is 5.92 Å². The Hall–Kier alpha value is -8.20. The molecule has 5 aliphatic carbocycles. The van der Waals surface area contributed by atoms with E-state index in [1.54, 1.807) is 0 Å². The lowest BCUT2D eigenvalue weighted by Crippen LogP contribution is -2.26. The lowest BCUT2D eigenvalue weighted by atomic mass is 9.74. The maximum Gasteiger partial charge on any atom is 0.0619 e. The van der Waals surface area contributed by atoms with Crippen molar-refractivity contribution in [3.05, 3.63) is 263 Å². The quantitative estimate of drug-likeness (QED) is 0.121. The van der Waals surface area contributed by atoms with Gasteiger partial charge in [0.2, 0.25) is 0 Å². The molecule has 0 N–H and O–H groups in total. The molecular formula is C74H62N2. The molecule has 15 rings (SSSR count). The number of anilines is 5. The number of nitrogens with zero attached hydrogens (tertiary/aromatic N) is 2. The standard InChI is InChI=1S/C74H62N2/c1-71(2)64-32-20-16-24-52(64)60-41-45(36-40-65(60)71)75(46-33-37-53-49-21-13-17-29-61(49)72(3,4)66(53)42-46)69-56-25-9-11-27-58(56)70(59-28-12-10-26-57(59)69)76(47-34-38-54-50-22-14-18-30-62(50)73(5,6)67(54)43-47)48-35-39-55-51-23-15-19-31-63(51)74(7,8)68(55)44-48/h9-39,41-44,65H,40H2,1-8H3. The van der Waals surface area contributed by atoms with Crippen LogP contribution in [-0.2, 0) is 21.7 Å². The van der Waals surface area contributed by atoms with E-state index in [0.717, 1.165) is 17.8 Å². The highest BCUT2D eigenvalue weighted by atomic mass is 15.2. The van der Waals surface area contributed by atoms with Gasteiger partial charge >= 0.3 is 0 Å². The fourth-order valence-corrected chi connectivity index (χ4v) is 15.1. The fourth-order valence-electron chi connectivity index (χ4n) is 15.1. The molecule has 0 amide bonds. The molecular weight excluding hydrogens is 917 g/mol. The van der Waals surface area contributed by atoms with Gasteiger partial charge < -0.3 is 9.80 Å². The Morgan fingerprint density at radius 2 is 0.658 bits per heavy atom. The maximum atomic E-state index is 2.64. The van der Waals surface area contributed by atoms with Crippen molar-refractivity contribution in [2.24, 2.45) is 5.92 Å². The first-order valence-corrected chi connectivity index (χ1v) is 27.5. The van der Waals surface area contributed by atoms with Gasteiger partial charge in [-0.3, -0.25) is 0 Å². The Kier molecular flexibility index (Phi) is 9.33. The van der Waals surface area contributed by atoms with Gasteiger partial charge in [0, 0.05) is 60.5 Å². The van der Waals surface area contributed by atoms with Crippen LogP contribution in [0.3, 0.4) is 0 Å². The topological polar surface area (TPSA) is 6.48 Å². The first-order valence-electron chi connectivity index (χ1n) is 27.5. The van der Waals surface area contributed by atoms with E-state index in [2.05, 4.69) is 278 Å². The first-order chi connectivity index (χ1) is 36.7. The van der Waals surface area contributed by atoms with Crippen LogP contribution < -0.4 is 9.80 Å². The van der Waals surface area contributed by atoms with Gasteiger partial charge in [-0.25, -0.2) is 0 Å². The van der Waals surface area contributed by atoms with E-state index in [1.165, 1.54) is 128 Å². The third kappa shape index (κ3) is 6.04. The van der Waals surface area contributed by atoms with Gasteiger partial charge in [0.15, 0.2) is 0 Å². The molecule has 0 bridgehead atoms. The molecule has 2 nitrogen and oxygen atoms in total. The summed E-state index contributed by atoms with van der Waals surface area (Å²) < 4.78 is 0. The van der Waals surface area contributed by atoms with E-state index in [1.807, 2.05) is 0 Å². The predicted molar refractivity (Wildman–Crippen MR) is 321 cm³/mol. The minimum atomic E-state index is -0.175. The maximum absolute atomic E-state index is 2.64. The third-order valence-corrected chi connectivity index (χ3v) is 19.1. The molecule has 0 heterocycles. The normalized spacial score (nSPS) is 17.9. The van der Waals surface area contributed by atoms with Crippen LogP contribution in [0.4, 0.5) is 28.4 Å². The lowest BCUT2D eigenvalue weighted by Gasteiger charge is -2.36. The zero-order chi connectivity index (χ0) is 51.6. The molecule has 1 unspecified atom stereocenters. The smallest absolute Gasteiger partial charge is 0.0619 e. The zero-order valence-electron chi connectivity index (χ0n) is 44.9. The number of benzene rings is 10. The van der Waals surface area contributed by atoms with Crippen molar-refractivity contribution in [3.8, 4) is 33.4 Å². The average Bonchev–Trinajstić information content (AvgIpc) is 4.08. The Balaban J connectivity index is 1.01. The van der Waals surface area contributed by atoms with Crippen LogP contribution in [0.5, 0.6) is 0 Å². The lowest BCUT2D eigenvalue weighted by molar-refractivity contribution is 0.413. The third-order valence-electron chi connectivity index (χ3n) is 19.1. The van der Waals surface area contributed by atoms with Crippen molar-refractivity contribution in [1.82, 2.24) is 0 Å². The van der Waals surface area contributed by atoms with Gasteiger partial charge in [-0.1, -0.05) is 225 Å². The molecule has 2 heteroatoms. The largest absolute Gasteiger partial charge is 0.310 e. The first kappa shape index (κ1) is 45.2. The summed E-state index contributed by atoms with van der Waals surface area (Å²) in [5.74, 6) is 0.392. The summed E-state index contributed by atoms with van der Waals surface area (Å²) in [6.07, 6.45) is 6.06. The van der Waals surface area contributed by atoms with Crippen LogP contribution in [0.15, 0.2) is 218 Å². The van der Waals surface area contributed by atoms with Gasteiger partial charge in [-0.2, -0.15) is 0 Å². The molecule has 368 valence electrons. The van der Waals surface area contributed by atoms with Crippen molar-refractivity contribution in [3.63, 3.8) is 0 Å². The molecule has 0 radical (unpaired) electrons. The average molecular weight is 979 g/mol. The molecule has 5 aliphatic rings. The summed E-state index contributed by atoms with van der Waals surface area (Å²) in [6.45, 7) is 19.3. The van der Waals surface area contributed by atoms with Gasteiger partial charge in [-0.15, -0.1) is 0 Å². The minimum absolute atomic E-state index is 0.0221. The number of hydrogen-bond donors (Lipinski definition) is 0. The zero-order valence-corrected chi connectivity index (χ0v) is 44.9. The second-order valence-corrected chi connectivity index (χ2v) is 24.4. The molecule has 1 atom stereocenters. The predicted octanol–water partition coefficient (Wildman–Crippen LogP) is 19.8. The molecule has 0 fully saturated rings. The van der Waals surface area contributed by atoms with Gasteiger partial charge in [0.25, 0.3) is 0 Å². The number of allylic oxidation sites excluding steroid dienone is 3. The summed E-state index contributed by atoms with van der Waals surface area (Å²) in [4.78, 5) is 5.25. The summed E-state index contributed by atoms with van der Waals surface area (Å²) >= 11 is 0. The molecule has 76 heavy (non-hydrogen) atoms. The van der Waals surface area contributed by atoms with Gasteiger partial charge in [0.1, 0.15) is 0 Å². The van der Waals surface area contributed by atoms with Crippen LogP contribution in [-0.4, -0.2) is 0 Å². The Bertz CT molecular complexity index is 4060. The second-order valence-electron chi connectivity index (χ2n) is 24.4. The van der Waals surface area contributed by atoms with Crippen molar-refractivity contribution in [1.29, 1.82) is 0 Å². The summed E-state index contributed by atoms with van der Waals surface area (Å²) in [7, 11) is 0. The summed E-state index contributed by atoms with van der Waals surface area (Å²) in [5.41, 5.74) is 27.1. The van der Waals surface area contributed by atoms with Gasteiger partial charge in [-0.05, 0) is 144 Å².